The lowest BCUT2D eigenvalue weighted by Crippen LogP contribution is -2.21. The van der Waals surface area contributed by atoms with Crippen LogP contribution in [-0.2, 0) is 0 Å². The molecule has 3 heteroatoms. The zero-order valence-electron chi connectivity index (χ0n) is 9.54. The molecule has 2 aromatic rings. The molecule has 88 valence electrons. The largest absolute Gasteiger partial charge is 0.457 e. The highest BCUT2D eigenvalue weighted by Crippen LogP contribution is 2.27. The van der Waals surface area contributed by atoms with Crippen molar-refractivity contribution in [1.29, 1.82) is 0 Å². The van der Waals surface area contributed by atoms with E-state index in [2.05, 4.69) is 0 Å². The van der Waals surface area contributed by atoms with E-state index in [-0.39, 0.29) is 6.04 Å². The Labute approximate surface area is 101 Å². The average Bonchev–Trinajstić information content (AvgIpc) is 2.40. The monoisotopic (exact) mass is 228 g/mol. The molecule has 0 amide bonds. The van der Waals surface area contributed by atoms with Gasteiger partial charge in [-0.3, -0.25) is 0 Å². The van der Waals surface area contributed by atoms with Crippen molar-refractivity contribution in [2.45, 2.75) is 6.04 Å². The Morgan fingerprint density at radius 1 is 0.941 bits per heavy atom. The summed E-state index contributed by atoms with van der Waals surface area (Å²) in [5, 5.41) is 0. The van der Waals surface area contributed by atoms with Crippen LogP contribution < -0.4 is 16.2 Å². The summed E-state index contributed by atoms with van der Waals surface area (Å²) < 4.78 is 5.80. The number of para-hydroxylation sites is 2. The number of nitrogens with two attached hydrogens (primary N) is 2. The number of hydrogen-bond donors (Lipinski definition) is 2. The molecule has 0 aromatic heterocycles. The van der Waals surface area contributed by atoms with Gasteiger partial charge in [0.25, 0.3) is 0 Å². The molecule has 0 spiro atoms. The van der Waals surface area contributed by atoms with Gasteiger partial charge in [-0.25, -0.2) is 0 Å². The highest BCUT2D eigenvalue weighted by Gasteiger charge is 2.10. The van der Waals surface area contributed by atoms with Crippen LogP contribution in [-0.4, -0.2) is 6.54 Å². The molecular weight excluding hydrogens is 212 g/mol. The van der Waals surface area contributed by atoms with Gasteiger partial charge in [-0.15, -0.1) is 0 Å². The minimum atomic E-state index is -0.199. The second kappa shape index (κ2) is 5.48. The quantitative estimate of drug-likeness (QED) is 0.844. The lowest BCUT2D eigenvalue weighted by Gasteiger charge is -2.15. The Balaban J connectivity index is 2.27. The van der Waals surface area contributed by atoms with E-state index in [9.17, 15) is 0 Å². The predicted octanol–water partition coefficient (Wildman–Crippen LogP) is 2.44. The summed E-state index contributed by atoms with van der Waals surface area (Å²) in [4.78, 5) is 0. The molecule has 0 aliphatic heterocycles. The topological polar surface area (TPSA) is 61.3 Å². The number of ether oxygens (including phenoxy) is 1. The molecular formula is C14H16N2O. The van der Waals surface area contributed by atoms with E-state index in [4.69, 9.17) is 16.2 Å². The van der Waals surface area contributed by atoms with Crippen molar-refractivity contribution in [2.24, 2.45) is 11.5 Å². The van der Waals surface area contributed by atoms with E-state index in [0.717, 1.165) is 17.1 Å². The van der Waals surface area contributed by atoms with E-state index < -0.39 is 0 Å². The van der Waals surface area contributed by atoms with Gasteiger partial charge in [0.05, 0.1) is 0 Å². The van der Waals surface area contributed by atoms with Gasteiger partial charge in [-0.2, -0.15) is 0 Å². The SMILES string of the molecule is NCC(N)c1ccccc1Oc1ccccc1. The Bertz CT molecular complexity index is 471. The van der Waals surface area contributed by atoms with Crippen LogP contribution in [0.25, 0.3) is 0 Å². The molecule has 2 aromatic carbocycles. The Kier molecular flexibility index (Phi) is 3.75. The van der Waals surface area contributed by atoms with Crippen molar-refractivity contribution in [3.8, 4) is 11.5 Å². The zero-order chi connectivity index (χ0) is 12.1. The van der Waals surface area contributed by atoms with Gasteiger partial charge in [0.15, 0.2) is 0 Å². The summed E-state index contributed by atoms with van der Waals surface area (Å²) in [6, 6.07) is 17.1. The van der Waals surface area contributed by atoms with Gasteiger partial charge >= 0.3 is 0 Å². The molecule has 1 atom stereocenters. The second-order valence-corrected chi connectivity index (χ2v) is 3.80. The fraction of sp³-hybridized carbons (Fsp3) is 0.143. The molecule has 3 nitrogen and oxygen atoms in total. The first-order valence-electron chi connectivity index (χ1n) is 5.58. The van der Waals surface area contributed by atoms with Crippen LogP contribution in [0.3, 0.4) is 0 Å². The molecule has 0 bridgehead atoms. The smallest absolute Gasteiger partial charge is 0.132 e. The maximum Gasteiger partial charge on any atom is 0.132 e. The van der Waals surface area contributed by atoms with Crippen molar-refractivity contribution >= 4 is 0 Å². The fourth-order valence-electron chi connectivity index (χ4n) is 1.62. The fourth-order valence-corrected chi connectivity index (χ4v) is 1.62. The first kappa shape index (κ1) is 11.6. The van der Waals surface area contributed by atoms with Crippen molar-refractivity contribution in [2.75, 3.05) is 6.54 Å². The predicted molar refractivity (Wildman–Crippen MR) is 68.9 cm³/mol. The third kappa shape index (κ3) is 2.84. The lowest BCUT2D eigenvalue weighted by molar-refractivity contribution is 0.470. The van der Waals surface area contributed by atoms with Crippen LogP contribution >= 0.6 is 0 Å². The van der Waals surface area contributed by atoms with E-state index in [1.54, 1.807) is 0 Å². The zero-order valence-corrected chi connectivity index (χ0v) is 9.54. The third-order valence-electron chi connectivity index (χ3n) is 2.54. The van der Waals surface area contributed by atoms with Crippen molar-refractivity contribution in [3.63, 3.8) is 0 Å². The van der Waals surface area contributed by atoms with Crippen LogP contribution in [0.1, 0.15) is 11.6 Å². The van der Waals surface area contributed by atoms with Crippen molar-refractivity contribution < 1.29 is 4.74 Å². The van der Waals surface area contributed by atoms with Gasteiger partial charge < -0.3 is 16.2 Å². The number of rotatable bonds is 4. The van der Waals surface area contributed by atoms with Crippen LogP contribution in [0.5, 0.6) is 11.5 Å². The van der Waals surface area contributed by atoms with Crippen LogP contribution in [0.4, 0.5) is 0 Å². The maximum absolute atomic E-state index is 5.94. The van der Waals surface area contributed by atoms with E-state index in [0.29, 0.717) is 6.54 Å². The maximum atomic E-state index is 5.94. The van der Waals surface area contributed by atoms with E-state index >= 15 is 0 Å². The third-order valence-corrected chi connectivity index (χ3v) is 2.54. The number of hydrogen-bond acceptors (Lipinski definition) is 3. The lowest BCUT2D eigenvalue weighted by atomic mass is 10.1. The summed E-state index contributed by atoms with van der Waals surface area (Å²) in [7, 11) is 0. The highest BCUT2D eigenvalue weighted by molar-refractivity contribution is 5.39. The standard InChI is InChI=1S/C14H16N2O/c15-10-13(16)12-8-4-5-9-14(12)17-11-6-2-1-3-7-11/h1-9,13H,10,15-16H2. The molecule has 0 aliphatic rings. The Morgan fingerprint density at radius 2 is 1.59 bits per heavy atom. The molecule has 0 saturated heterocycles. The molecule has 1 unspecified atom stereocenters. The molecule has 0 heterocycles. The van der Waals surface area contributed by atoms with Crippen LogP contribution in [0.15, 0.2) is 54.6 Å². The molecule has 2 rings (SSSR count). The molecule has 0 fully saturated rings. The Hall–Kier alpha value is -1.84. The Morgan fingerprint density at radius 3 is 2.29 bits per heavy atom. The van der Waals surface area contributed by atoms with Crippen LogP contribution in [0, 0.1) is 0 Å². The summed E-state index contributed by atoms with van der Waals surface area (Å²) in [5.41, 5.74) is 12.5. The number of benzene rings is 2. The van der Waals surface area contributed by atoms with Crippen LogP contribution in [0.2, 0.25) is 0 Å². The van der Waals surface area contributed by atoms with Gasteiger partial charge in [-0.05, 0) is 18.2 Å². The summed E-state index contributed by atoms with van der Waals surface area (Å²) in [5.74, 6) is 1.56. The van der Waals surface area contributed by atoms with E-state index in [1.807, 2.05) is 54.6 Å². The van der Waals surface area contributed by atoms with Gasteiger partial charge in [0, 0.05) is 18.2 Å². The van der Waals surface area contributed by atoms with Gasteiger partial charge in [0.1, 0.15) is 11.5 Å². The minimum absolute atomic E-state index is 0.199. The minimum Gasteiger partial charge on any atom is -0.457 e. The van der Waals surface area contributed by atoms with E-state index in [1.165, 1.54) is 0 Å². The van der Waals surface area contributed by atoms with Crippen molar-refractivity contribution in [3.05, 3.63) is 60.2 Å². The second-order valence-electron chi connectivity index (χ2n) is 3.80. The summed E-state index contributed by atoms with van der Waals surface area (Å²) in [6.45, 7) is 0.398. The first-order valence-corrected chi connectivity index (χ1v) is 5.58. The molecule has 0 radical (unpaired) electrons. The van der Waals surface area contributed by atoms with Crippen molar-refractivity contribution in [1.82, 2.24) is 0 Å². The van der Waals surface area contributed by atoms with Gasteiger partial charge in [0.2, 0.25) is 0 Å². The molecule has 0 aliphatic carbocycles. The highest BCUT2D eigenvalue weighted by atomic mass is 16.5. The molecule has 4 N–H and O–H groups in total. The van der Waals surface area contributed by atoms with Gasteiger partial charge in [-0.1, -0.05) is 36.4 Å². The first-order chi connectivity index (χ1) is 8.31. The average molecular weight is 228 g/mol. The molecule has 0 saturated carbocycles. The molecule has 17 heavy (non-hydrogen) atoms. The normalized spacial score (nSPS) is 12.1. The summed E-state index contributed by atoms with van der Waals surface area (Å²) >= 11 is 0. The summed E-state index contributed by atoms with van der Waals surface area (Å²) in [6.07, 6.45) is 0.